The van der Waals surface area contributed by atoms with Crippen molar-refractivity contribution in [2.75, 3.05) is 7.11 Å². The summed E-state index contributed by atoms with van der Waals surface area (Å²) in [5.74, 6) is 0.497. The molecule has 0 radical (unpaired) electrons. The molecule has 0 amide bonds. The molecular weight excluding hydrogens is 266 g/mol. The molecule has 0 saturated heterocycles. The van der Waals surface area contributed by atoms with Crippen molar-refractivity contribution in [3.63, 3.8) is 0 Å². The molecule has 0 aliphatic rings. The highest BCUT2D eigenvalue weighted by molar-refractivity contribution is 6.30. The molecule has 2 rings (SSSR count). The van der Waals surface area contributed by atoms with Crippen molar-refractivity contribution in [2.24, 2.45) is 5.16 Å². The van der Waals surface area contributed by atoms with Crippen LogP contribution in [0.25, 0.3) is 0 Å². The van der Waals surface area contributed by atoms with Crippen molar-refractivity contribution < 1.29 is 15.1 Å². The minimum Gasteiger partial charge on any atom is -0.507 e. The molecule has 0 unspecified atom stereocenters. The van der Waals surface area contributed by atoms with Crippen molar-refractivity contribution >= 4 is 17.3 Å². The number of ether oxygens (including phenoxy) is 1. The highest BCUT2D eigenvalue weighted by Gasteiger charge is 2.13. The number of methoxy groups -OCH3 is 1. The summed E-state index contributed by atoms with van der Waals surface area (Å²) in [6, 6.07) is 11.5. The smallest absolute Gasteiger partial charge is 0.128 e. The first kappa shape index (κ1) is 13.2. The fourth-order valence-corrected chi connectivity index (χ4v) is 1.84. The number of hydrogen-bond donors (Lipinski definition) is 2. The Kier molecular flexibility index (Phi) is 3.92. The van der Waals surface area contributed by atoms with Gasteiger partial charge in [-0.05, 0) is 24.3 Å². The van der Waals surface area contributed by atoms with Gasteiger partial charge in [-0.2, -0.15) is 0 Å². The molecule has 5 heteroatoms. The number of hydrogen-bond acceptors (Lipinski definition) is 4. The lowest BCUT2D eigenvalue weighted by molar-refractivity contribution is 0.319. The summed E-state index contributed by atoms with van der Waals surface area (Å²) in [7, 11) is 1.51. The third-order valence-corrected chi connectivity index (χ3v) is 2.93. The first-order chi connectivity index (χ1) is 9.15. The number of benzene rings is 2. The lowest BCUT2D eigenvalue weighted by Crippen LogP contribution is -2.03. The van der Waals surface area contributed by atoms with Crippen LogP contribution in [0.5, 0.6) is 11.5 Å². The van der Waals surface area contributed by atoms with E-state index < -0.39 is 0 Å². The highest BCUT2D eigenvalue weighted by atomic mass is 35.5. The van der Waals surface area contributed by atoms with E-state index in [9.17, 15) is 5.11 Å². The van der Waals surface area contributed by atoms with Crippen LogP contribution in [0.1, 0.15) is 11.1 Å². The fraction of sp³-hybridized carbons (Fsp3) is 0.0714. The topological polar surface area (TPSA) is 62.0 Å². The van der Waals surface area contributed by atoms with Gasteiger partial charge in [0.1, 0.15) is 17.2 Å². The van der Waals surface area contributed by atoms with Crippen molar-refractivity contribution in [3.8, 4) is 11.5 Å². The number of halogens is 1. The molecule has 0 aliphatic heterocycles. The first-order valence-electron chi connectivity index (χ1n) is 5.51. The van der Waals surface area contributed by atoms with Crippen LogP contribution < -0.4 is 4.74 Å². The molecule has 0 fully saturated rings. The van der Waals surface area contributed by atoms with Crippen LogP contribution in [0.15, 0.2) is 47.6 Å². The lowest BCUT2D eigenvalue weighted by Gasteiger charge is -2.09. The Balaban J connectivity index is 2.46. The maximum atomic E-state index is 9.94. The van der Waals surface area contributed by atoms with Gasteiger partial charge in [0.2, 0.25) is 0 Å². The number of aromatic hydroxyl groups is 1. The van der Waals surface area contributed by atoms with Crippen molar-refractivity contribution in [2.45, 2.75) is 0 Å². The molecule has 0 saturated carbocycles. The summed E-state index contributed by atoms with van der Waals surface area (Å²) in [6.45, 7) is 0. The van der Waals surface area contributed by atoms with Crippen LogP contribution >= 0.6 is 11.6 Å². The van der Waals surface area contributed by atoms with Gasteiger partial charge in [0.25, 0.3) is 0 Å². The zero-order valence-corrected chi connectivity index (χ0v) is 10.9. The molecule has 4 nitrogen and oxygen atoms in total. The lowest BCUT2D eigenvalue weighted by atomic mass is 10.0. The van der Waals surface area contributed by atoms with E-state index in [1.807, 2.05) is 0 Å². The Morgan fingerprint density at radius 1 is 1.16 bits per heavy atom. The second-order valence-corrected chi connectivity index (χ2v) is 4.28. The van der Waals surface area contributed by atoms with E-state index in [1.165, 1.54) is 13.2 Å². The van der Waals surface area contributed by atoms with Crippen LogP contribution in [0.4, 0.5) is 0 Å². The zero-order chi connectivity index (χ0) is 13.8. The number of phenols is 1. The standard InChI is InChI=1S/C14H12ClNO3/c1-19-11-6-7-12(13(17)8-11)14(16-18)9-2-4-10(15)5-3-9/h2-8,17-18H,1H3/b16-14+. The summed E-state index contributed by atoms with van der Waals surface area (Å²) in [6.07, 6.45) is 0. The molecule has 2 aromatic rings. The molecule has 0 atom stereocenters. The summed E-state index contributed by atoms with van der Waals surface area (Å²) in [4.78, 5) is 0. The maximum Gasteiger partial charge on any atom is 0.128 e. The van der Waals surface area contributed by atoms with E-state index in [2.05, 4.69) is 5.16 Å². The monoisotopic (exact) mass is 277 g/mol. The summed E-state index contributed by atoms with van der Waals surface area (Å²) in [5, 5.41) is 22.9. The second kappa shape index (κ2) is 5.63. The number of phenolic OH excluding ortho intramolecular Hbond substituents is 1. The van der Waals surface area contributed by atoms with Crippen molar-refractivity contribution in [1.29, 1.82) is 0 Å². The average molecular weight is 278 g/mol. The molecule has 19 heavy (non-hydrogen) atoms. The van der Waals surface area contributed by atoms with Gasteiger partial charge < -0.3 is 15.1 Å². The van der Waals surface area contributed by atoms with E-state index in [-0.39, 0.29) is 11.5 Å². The minimum absolute atomic E-state index is 0.0258. The van der Waals surface area contributed by atoms with E-state index in [4.69, 9.17) is 21.5 Å². The second-order valence-electron chi connectivity index (χ2n) is 3.84. The Morgan fingerprint density at radius 2 is 1.84 bits per heavy atom. The first-order valence-corrected chi connectivity index (χ1v) is 5.89. The third-order valence-electron chi connectivity index (χ3n) is 2.68. The molecule has 2 N–H and O–H groups in total. The van der Waals surface area contributed by atoms with Gasteiger partial charge in [-0.3, -0.25) is 0 Å². The maximum absolute atomic E-state index is 9.94. The van der Waals surface area contributed by atoms with Crippen molar-refractivity contribution in [1.82, 2.24) is 0 Å². The molecule has 0 aliphatic carbocycles. The Hall–Kier alpha value is -2.20. The van der Waals surface area contributed by atoms with Gasteiger partial charge in [0.05, 0.1) is 7.11 Å². The molecule has 0 spiro atoms. The third kappa shape index (κ3) is 2.80. The van der Waals surface area contributed by atoms with Crippen LogP contribution in [0.3, 0.4) is 0 Å². The van der Waals surface area contributed by atoms with Crippen LogP contribution in [-0.4, -0.2) is 23.1 Å². The van der Waals surface area contributed by atoms with Gasteiger partial charge in [0.15, 0.2) is 0 Å². The van der Waals surface area contributed by atoms with E-state index >= 15 is 0 Å². The molecule has 98 valence electrons. The summed E-state index contributed by atoms with van der Waals surface area (Å²) in [5.41, 5.74) is 1.31. The fourth-order valence-electron chi connectivity index (χ4n) is 1.71. The Morgan fingerprint density at radius 3 is 2.37 bits per heavy atom. The Bertz CT molecular complexity index is 609. The molecular formula is C14H12ClNO3. The van der Waals surface area contributed by atoms with Gasteiger partial charge in [-0.25, -0.2) is 0 Å². The number of nitrogens with zero attached hydrogens (tertiary/aromatic N) is 1. The highest BCUT2D eigenvalue weighted by Crippen LogP contribution is 2.26. The molecule has 2 aromatic carbocycles. The number of oxime groups is 1. The van der Waals surface area contributed by atoms with E-state index in [0.29, 0.717) is 21.9 Å². The molecule has 0 bridgehead atoms. The van der Waals surface area contributed by atoms with Gasteiger partial charge in [-0.1, -0.05) is 28.9 Å². The van der Waals surface area contributed by atoms with Crippen LogP contribution in [-0.2, 0) is 0 Å². The summed E-state index contributed by atoms with van der Waals surface area (Å²) < 4.78 is 5.01. The average Bonchev–Trinajstić information content (AvgIpc) is 2.43. The SMILES string of the molecule is COc1ccc(/C(=N/O)c2ccc(Cl)cc2)c(O)c1. The van der Waals surface area contributed by atoms with Gasteiger partial charge >= 0.3 is 0 Å². The Labute approximate surface area is 115 Å². The van der Waals surface area contributed by atoms with Crippen LogP contribution in [0.2, 0.25) is 5.02 Å². The van der Waals surface area contributed by atoms with Gasteiger partial charge in [0, 0.05) is 22.2 Å². The zero-order valence-electron chi connectivity index (χ0n) is 10.2. The molecule has 0 heterocycles. The largest absolute Gasteiger partial charge is 0.507 e. The quantitative estimate of drug-likeness (QED) is 0.514. The minimum atomic E-state index is -0.0258. The number of rotatable bonds is 3. The normalized spacial score (nSPS) is 11.4. The van der Waals surface area contributed by atoms with E-state index in [1.54, 1.807) is 36.4 Å². The predicted molar refractivity (Wildman–Crippen MR) is 73.5 cm³/mol. The predicted octanol–water partition coefficient (Wildman–Crippen LogP) is 3.28. The van der Waals surface area contributed by atoms with Crippen LogP contribution in [0, 0.1) is 0 Å². The summed E-state index contributed by atoms with van der Waals surface area (Å²) >= 11 is 5.81. The molecule has 0 aromatic heterocycles. The van der Waals surface area contributed by atoms with E-state index in [0.717, 1.165) is 0 Å². The van der Waals surface area contributed by atoms with Crippen molar-refractivity contribution in [3.05, 3.63) is 58.6 Å². The van der Waals surface area contributed by atoms with Gasteiger partial charge in [-0.15, -0.1) is 0 Å².